The molecule has 1 aliphatic rings. The number of hydrogen-bond donors (Lipinski definition) is 2. The Bertz CT molecular complexity index is 1250. The minimum atomic E-state index is -0.0717. The maximum atomic E-state index is 12.9. The molecule has 3 unspecified atom stereocenters. The van der Waals surface area contributed by atoms with Gasteiger partial charge in [-0.15, -0.1) is 0 Å². The predicted molar refractivity (Wildman–Crippen MR) is 136 cm³/mol. The molecule has 3 atom stereocenters. The Morgan fingerprint density at radius 1 is 1.18 bits per heavy atom. The first-order valence-electron chi connectivity index (χ1n) is 12.5. The Kier molecular flexibility index (Phi) is 6.68. The van der Waals surface area contributed by atoms with Crippen LogP contribution in [0.5, 0.6) is 0 Å². The zero-order chi connectivity index (χ0) is 23.5. The lowest BCUT2D eigenvalue weighted by atomic mass is 9.77. The standard InChI is InChI=1S/C28H34N4O2/c1-19-7-3-10-25(20(19)2)32(18-23-9-5-16-34-23)15-6-14-30-28(33)24-17-22-12-11-21-8-4-13-29-26(21)27(22)31-24/h4-5,8-9,11-13,16-17,19-20,25,31H,3,6-7,10,14-15,18H2,1-2H3,(H,30,33). The molecule has 0 aliphatic heterocycles. The van der Waals surface area contributed by atoms with E-state index in [0.29, 0.717) is 24.2 Å². The number of hydrogen-bond acceptors (Lipinski definition) is 4. The number of amides is 1. The molecule has 3 heterocycles. The Labute approximate surface area is 200 Å². The van der Waals surface area contributed by atoms with Crippen molar-refractivity contribution in [2.24, 2.45) is 11.8 Å². The van der Waals surface area contributed by atoms with E-state index in [9.17, 15) is 4.79 Å². The van der Waals surface area contributed by atoms with Crippen LogP contribution in [0.15, 0.2) is 59.3 Å². The highest BCUT2D eigenvalue weighted by Gasteiger charge is 2.31. The zero-order valence-electron chi connectivity index (χ0n) is 20.1. The summed E-state index contributed by atoms with van der Waals surface area (Å²) in [7, 11) is 0. The van der Waals surface area contributed by atoms with Crippen LogP contribution < -0.4 is 5.32 Å². The smallest absolute Gasteiger partial charge is 0.267 e. The minimum absolute atomic E-state index is 0.0717. The van der Waals surface area contributed by atoms with E-state index in [1.54, 1.807) is 12.5 Å². The highest BCUT2D eigenvalue weighted by molar-refractivity contribution is 6.07. The highest BCUT2D eigenvalue weighted by atomic mass is 16.3. The van der Waals surface area contributed by atoms with Crippen molar-refractivity contribution in [2.75, 3.05) is 13.1 Å². The van der Waals surface area contributed by atoms with Gasteiger partial charge >= 0.3 is 0 Å². The van der Waals surface area contributed by atoms with Gasteiger partial charge in [-0.3, -0.25) is 14.7 Å². The van der Waals surface area contributed by atoms with Crippen molar-refractivity contribution in [1.29, 1.82) is 0 Å². The third-order valence-corrected chi connectivity index (χ3v) is 7.59. The number of benzene rings is 1. The average molecular weight is 459 g/mol. The minimum Gasteiger partial charge on any atom is -0.468 e. The van der Waals surface area contributed by atoms with Crippen LogP contribution in [0.1, 0.15) is 55.8 Å². The van der Waals surface area contributed by atoms with Crippen LogP contribution in [0.4, 0.5) is 0 Å². The fraction of sp³-hybridized carbons (Fsp3) is 0.429. The Morgan fingerprint density at radius 2 is 2.06 bits per heavy atom. The van der Waals surface area contributed by atoms with Crippen LogP contribution in [0, 0.1) is 11.8 Å². The predicted octanol–water partition coefficient (Wildman–Crippen LogP) is 5.76. The summed E-state index contributed by atoms with van der Waals surface area (Å²) in [6.07, 6.45) is 8.26. The molecule has 3 aromatic heterocycles. The molecule has 6 heteroatoms. The maximum Gasteiger partial charge on any atom is 0.267 e. The molecule has 0 spiro atoms. The summed E-state index contributed by atoms with van der Waals surface area (Å²) in [6.45, 7) is 7.16. The number of fused-ring (bicyclic) bond motifs is 3. The number of carbonyl (C=O) groups excluding carboxylic acids is 1. The molecule has 1 saturated carbocycles. The number of aromatic nitrogens is 2. The van der Waals surface area contributed by atoms with Gasteiger partial charge in [0.05, 0.1) is 23.8 Å². The van der Waals surface area contributed by atoms with Crippen molar-refractivity contribution in [2.45, 2.75) is 52.1 Å². The summed E-state index contributed by atoms with van der Waals surface area (Å²) < 4.78 is 5.66. The van der Waals surface area contributed by atoms with Crippen molar-refractivity contribution in [1.82, 2.24) is 20.2 Å². The fourth-order valence-corrected chi connectivity index (χ4v) is 5.47. The van der Waals surface area contributed by atoms with Crippen LogP contribution >= 0.6 is 0 Å². The van der Waals surface area contributed by atoms with Gasteiger partial charge < -0.3 is 14.7 Å². The van der Waals surface area contributed by atoms with Gasteiger partial charge in [0.15, 0.2) is 0 Å². The van der Waals surface area contributed by atoms with E-state index >= 15 is 0 Å². The van der Waals surface area contributed by atoms with Gasteiger partial charge in [-0.05, 0) is 48.9 Å². The second-order valence-electron chi connectivity index (χ2n) is 9.78. The van der Waals surface area contributed by atoms with E-state index < -0.39 is 0 Å². The van der Waals surface area contributed by atoms with Gasteiger partial charge in [0.25, 0.3) is 5.91 Å². The van der Waals surface area contributed by atoms with Gasteiger partial charge in [-0.1, -0.05) is 44.9 Å². The first-order chi connectivity index (χ1) is 16.6. The summed E-state index contributed by atoms with van der Waals surface area (Å²) in [5, 5.41) is 5.17. The highest BCUT2D eigenvalue weighted by Crippen LogP contribution is 2.33. The molecule has 5 rings (SSSR count). The SMILES string of the molecule is CC1CCCC(N(CCCNC(=O)c2cc3ccc4cccnc4c3[nH]2)Cc2ccco2)C1C. The third-order valence-electron chi connectivity index (χ3n) is 7.59. The van der Waals surface area contributed by atoms with E-state index in [-0.39, 0.29) is 5.91 Å². The molecule has 1 amide bonds. The van der Waals surface area contributed by atoms with Gasteiger partial charge in [0, 0.05) is 36.1 Å². The average Bonchev–Trinajstić information content (AvgIpc) is 3.53. The topological polar surface area (TPSA) is 74.2 Å². The number of nitrogens with one attached hydrogen (secondary N) is 2. The second-order valence-corrected chi connectivity index (χ2v) is 9.78. The number of nitrogens with zero attached hydrogens (tertiary/aromatic N) is 2. The molecule has 0 saturated heterocycles. The van der Waals surface area contributed by atoms with Crippen LogP contribution in [-0.2, 0) is 6.54 Å². The second kappa shape index (κ2) is 10.0. The van der Waals surface area contributed by atoms with Gasteiger partial charge in [-0.25, -0.2) is 0 Å². The molecule has 178 valence electrons. The third kappa shape index (κ3) is 4.73. The molecule has 1 aliphatic carbocycles. The first kappa shape index (κ1) is 22.7. The summed E-state index contributed by atoms with van der Waals surface area (Å²) in [5.74, 6) is 2.34. The molecule has 6 nitrogen and oxygen atoms in total. The van der Waals surface area contributed by atoms with Crippen molar-refractivity contribution in [3.8, 4) is 0 Å². The van der Waals surface area contributed by atoms with Crippen molar-refractivity contribution in [3.63, 3.8) is 0 Å². The van der Waals surface area contributed by atoms with Crippen molar-refractivity contribution >= 4 is 27.7 Å². The van der Waals surface area contributed by atoms with Crippen LogP contribution in [0.25, 0.3) is 21.8 Å². The van der Waals surface area contributed by atoms with Gasteiger partial charge in [0.1, 0.15) is 11.5 Å². The lowest BCUT2D eigenvalue weighted by Crippen LogP contribution is -2.44. The van der Waals surface area contributed by atoms with E-state index in [0.717, 1.165) is 53.0 Å². The number of aromatic amines is 1. The number of furan rings is 1. The monoisotopic (exact) mass is 458 g/mol. The van der Waals surface area contributed by atoms with E-state index in [1.165, 1.54) is 19.3 Å². The molecule has 2 N–H and O–H groups in total. The zero-order valence-corrected chi connectivity index (χ0v) is 20.1. The molecule has 1 aromatic carbocycles. The summed E-state index contributed by atoms with van der Waals surface area (Å²) in [5.41, 5.74) is 2.38. The summed E-state index contributed by atoms with van der Waals surface area (Å²) in [6, 6.07) is 14.5. The molecule has 0 radical (unpaired) electrons. The molecular weight excluding hydrogens is 424 g/mol. The normalized spacial score (nSPS) is 20.9. The van der Waals surface area contributed by atoms with E-state index in [4.69, 9.17) is 4.42 Å². The Hall–Kier alpha value is -3.12. The number of H-pyrrole nitrogens is 1. The van der Waals surface area contributed by atoms with Crippen LogP contribution in [0.2, 0.25) is 0 Å². The number of pyridine rings is 1. The van der Waals surface area contributed by atoms with E-state index in [2.05, 4.69) is 40.1 Å². The van der Waals surface area contributed by atoms with Crippen LogP contribution in [-0.4, -0.2) is 39.9 Å². The largest absolute Gasteiger partial charge is 0.468 e. The summed E-state index contributed by atoms with van der Waals surface area (Å²) in [4.78, 5) is 23.2. The summed E-state index contributed by atoms with van der Waals surface area (Å²) >= 11 is 0. The molecule has 0 bridgehead atoms. The first-order valence-corrected chi connectivity index (χ1v) is 12.5. The van der Waals surface area contributed by atoms with E-state index in [1.807, 2.05) is 36.4 Å². The molecular formula is C28H34N4O2. The number of carbonyl (C=O) groups is 1. The van der Waals surface area contributed by atoms with Gasteiger partial charge in [0.2, 0.25) is 0 Å². The Morgan fingerprint density at radius 3 is 2.91 bits per heavy atom. The van der Waals surface area contributed by atoms with Crippen molar-refractivity contribution < 1.29 is 9.21 Å². The Balaban J connectivity index is 1.21. The van der Waals surface area contributed by atoms with Crippen molar-refractivity contribution in [3.05, 3.63) is 66.4 Å². The number of rotatable bonds is 8. The lowest BCUT2D eigenvalue weighted by molar-refractivity contribution is 0.0680. The lowest BCUT2D eigenvalue weighted by Gasteiger charge is -2.41. The van der Waals surface area contributed by atoms with Gasteiger partial charge in [-0.2, -0.15) is 0 Å². The quantitative estimate of drug-likeness (QED) is 0.329. The molecule has 4 aromatic rings. The molecule has 1 fully saturated rings. The fourth-order valence-electron chi connectivity index (χ4n) is 5.47. The maximum absolute atomic E-state index is 12.9. The van der Waals surface area contributed by atoms with Crippen LogP contribution in [0.3, 0.4) is 0 Å². The molecule has 34 heavy (non-hydrogen) atoms.